The Bertz CT molecular complexity index is 665. The van der Waals surface area contributed by atoms with Crippen LogP contribution in [0, 0.1) is 0 Å². The van der Waals surface area contributed by atoms with Crippen molar-refractivity contribution in [1.82, 2.24) is 5.06 Å². The van der Waals surface area contributed by atoms with Gasteiger partial charge < -0.3 is 5.11 Å². The Labute approximate surface area is 142 Å². The van der Waals surface area contributed by atoms with Gasteiger partial charge in [-0.2, -0.15) is 0 Å². The number of amides is 2. The lowest BCUT2D eigenvalue weighted by Gasteiger charge is -2.27. The molecule has 0 fully saturated rings. The van der Waals surface area contributed by atoms with Crippen LogP contribution in [0.4, 0.5) is 0 Å². The number of aliphatic carboxylic acids is 1. The van der Waals surface area contributed by atoms with Crippen molar-refractivity contribution in [1.29, 1.82) is 0 Å². The summed E-state index contributed by atoms with van der Waals surface area (Å²) in [6.07, 6.45) is 1.69. The van der Waals surface area contributed by atoms with E-state index in [-0.39, 0.29) is 16.1 Å². The molecule has 0 bridgehead atoms. The summed E-state index contributed by atoms with van der Waals surface area (Å²) in [5.41, 5.74) is 0.138. The second kappa shape index (κ2) is 6.90. The maximum absolute atomic E-state index is 12.4. The Morgan fingerprint density at radius 2 is 2.09 bits per heavy atom. The molecule has 0 radical (unpaired) electrons. The van der Waals surface area contributed by atoms with Crippen LogP contribution in [-0.2, 0) is 9.63 Å². The molecule has 2 rings (SSSR count). The molecule has 1 aromatic carbocycles. The summed E-state index contributed by atoms with van der Waals surface area (Å²) in [5.74, 6) is -2.19. The molecule has 1 aromatic rings. The molecule has 1 aliphatic rings. The zero-order valence-electron chi connectivity index (χ0n) is 12.7. The fourth-order valence-corrected chi connectivity index (χ4v) is 3.35. The molecule has 1 atom stereocenters. The highest BCUT2D eigenvalue weighted by atomic mass is 35.5. The van der Waals surface area contributed by atoms with Crippen molar-refractivity contribution in [2.24, 2.45) is 0 Å². The molecule has 0 saturated carbocycles. The summed E-state index contributed by atoms with van der Waals surface area (Å²) in [6.45, 7) is 3.30. The van der Waals surface area contributed by atoms with Gasteiger partial charge in [0.2, 0.25) is 4.93 Å². The Kier molecular flexibility index (Phi) is 5.33. The summed E-state index contributed by atoms with van der Waals surface area (Å²) in [7, 11) is 0. The molecule has 124 valence electrons. The van der Waals surface area contributed by atoms with Gasteiger partial charge in [0.25, 0.3) is 11.8 Å². The van der Waals surface area contributed by atoms with Crippen molar-refractivity contribution in [3.05, 3.63) is 34.3 Å². The topological polar surface area (TPSA) is 83.9 Å². The first-order chi connectivity index (χ1) is 10.8. The van der Waals surface area contributed by atoms with E-state index in [0.29, 0.717) is 10.8 Å². The molecule has 1 unspecified atom stereocenters. The maximum Gasteiger partial charge on any atom is 0.349 e. The van der Waals surface area contributed by atoms with Crippen molar-refractivity contribution in [3.63, 3.8) is 0 Å². The van der Waals surface area contributed by atoms with E-state index in [9.17, 15) is 19.5 Å². The number of benzene rings is 1. The summed E-state index contributed by atoms with van der Waals surface area (Å²) < 4.78 is 0. The predicted molar refractivity (Wildman–Crippen MR) is 86.4 cm³/mol. The van der Waals surface area contributed by atoms with Crippen LogP contribution >= 0.6 is 23.4 Å². The van der Waals surface area contributed by atoms with Crippen molar-refractivity contribution < 1.29 is 24.3 Å². The number of fused-ring (bicyclic) bond motifs is 1. The largest absolute Gasteiger partial charge is 0.478 e. The van der Waals surface area contributed by atoms with Crippen LogP contribution in [0.5, 0.6) is 0 Å². The molecule has 6 nitrogen and oxygen atoms in total. The van der Waals surface area contributed by atoms with Crippen molar-refractivity contribution in [2.75, 3.05) is 5.75 Å². The SMILES string of the molecule is CCCCSC(C)(ON1C(=O)c2cccc(Cl)c2C1=O)C(=O)O. The van der Waals surface area contributed by atoms with E-state index in [4.69, 9.17) is 16.4 Å². The highest BCUT2D eigenvalue weighted by Crippen LogP contribution is 2.35. The standard InChI is InChI=1S/C15H16ClNO5S/c1-3-4-8-23-15(2,14(20)21)22-17-12(18)9-6-5-7-10(16)11(9)13(17)19/h5-7H,3-4,8H2,1-2H3,(H,20,21). The zero-order valence-corrected chi connectivity index (χ0v) is 14.2. The number of rotatable bonds is 7. The van der Waals surface area contributed by atoms with Gasteiger partial charge in [-0.3, -0.25) is 9.59 Å². The number of unbranched alkanes of at least 4 members (excludes halogenated alkanes) is 1. The summed E-state index contributed by atoms with van der Waals surface area (Å²) >= 11 is 6.98. The third kappa shape index (κ3) is 3.36. The Morgan fingerprint density at radius 3 is 2.65 bits per heavy atom. The lowest BCUT2D eigenvalue weighted by molar-refractivity contribution is -0.179. The predicted octanol–water partition coefficient (Wildman–Crippen LogP) is 3.20. The van der Waals surface area contributed by atoms with E-state index in [2.05, 4.69) is 0 Å². The average Bonchev–Trinajstić information content (AvgIpc) is 2.73. The third-order valence-electron chi connectivity index (χ3n) is 3.36. The molecule has 1 N–H and O–H groups in total. The number of carbonyl (C=O) groups is 3. The molecule has 0 aromatic heterocycles. The lowest BCUT2D eigenvalue weighted by atomic mass is 10.1. The normalized spacial score (nSPS) is 16.4. The van der Waals surface area contributed by atoms with E-state index in [1.54, 1.807) is 6.07 Å². The van der Waals surface area contributed by atoms with Crippen LogP contribution in [0.3, 0.4) is 0 Å². The van der Waals surface area contributed by atoms with Crippen LogP contribution in [0.15, 0.2) is 18.2 Å². The van der Waals surface area contributed by atoms with Crippen molar-refractivity contribution in [3.8, 4) is 0 Å². The fourth-order valence-electron chi connectivity index (χ4n) is 2.02. The average molecular weight is 358 g/mol. The summed E-state index contributed by atoms with van der Waals surface area (Å²) in [6, 6.07) is 4.48. The molecule has 1 heterocycles. The minimum atomic E-state index is -1.74. The van der Waals surface area contributed by atoms with E-state index < -0.39 is 22.7 Å². The Hall–Kier alpha value is -1.57. The van der Waals surface area contributed by atoms with Crippen molar-refractivity contribution in [2.45, 2.75) is 31.6 Å². The van der Waals surface area contributed by atoms with E-state index in [1.807, 2.05) is 6.92 Å². The number of carboxylic acids is 1. The lowest BCUT2D eigenvalue weighted by Crippen LogP contribution is -2.44. The Morgan fingerprint density at radius 1 is 1.39 bits per heavy atom. The first kappa shape index (κ1) is 17.8. The molecule has 0 saturated heterocycles. The van der Waals surface area contributed by atoms with Gasteiger partial charge in [0.15, 0.2) is 0 Å². The molecule has 0 spiro atoms. The first-order valence-corrected chi connectivity index (χ1v) is 8.42. The Balaban J connectivity index is 2.25. The van der Waals surface area contributed by atoms with Gasteiger partial charge in [-0.15, -0.1) is 16.8 Å². The van der Waals surface area contributed by atoms with Gasteiger partial charge in [0, 0.05) is 0 Å². The molecule has 2 amide bonds. The molecule has 23 heavy (non-hydrogen) atoms. The molecule has 1 aliphatic heterocycles. The number of hydrogen-bond acceptors (Lipinski definition) is 5. The van der Waals surface area contributed by atoms with Crippen molar-refractivity contribution >= 4 is 41.1 Å². The first-order valence-electron chi connectivity index (χ1n) is 7.05. The minimum Gasteiger partial charge on any atom is -0.478 e. The number of hydroxylamine groups is 2. The van der Waals surface area contributed by atoms with E-state index in [1.165, 1.54) is 19.1 Å². The van der Waals surface area contributed by atoms with E-state index >= 15 is 0 Å². The van der Waals surface area contributed by atoms with Gasteiger partial charge in [0.1, 0.15) is 0 Å². The van der Waals surface area contributed by atoms with Crippen LogP contribution in [0.1, 0.15) is 47.4 Å². The summed E-state index contributed by atoms with van der Waals surface area (Å²) in [5, 5.41) is 10.0. The number of carboxylic acid groups (broad SMARTS) is 1. The quantitative estimate of drug-likeness (QED) is 0.458. The highest BCUT2D eigenvalue weighted by molar-refractivity contribution is 8.01. The van der Waals surface area contributed by atoms with Crippen LogP contribution in [0.2, 0.25) is 5.02 Å². The highest BCUT2D eigenvalue weighted by Gasteiger charge is 2.46. The third-order valence-corrected chi connectivity index (χ3v) is 4.96. The smallest absolute Gasteiger partial charge is 0.349 e. The van der Waals surface area contributed by atoms with Crippen LogP contribution in [-0.4, -0.2) is 38.6 Å². The number of nitrogens with zero attached hydrogens (tertiary/aromatic N) is 1. The fraction of sp³-hybridized carbons (Fsp3) is 0.400. The molecular weight excluding hydrogens is 342 g/mol. The molecule has 8 heteroatoms. The van der Waals surface area contributed by atoms with E-state index in [0.717, 1.165) is 24.6 Å². The number of hydrogen-bond donors (Lipinski definition) is 1. The van der Waals surface area contributed by atoms with Crippen LogP contribution in [0.25, 0.3) is 0 Å². The minimum absolute atomic E-state index is 0.0328. The molecular formula is C15H16ClNO5S. The maximum atomic E-state index is 12.4. The number of halogens is 1. The van der Waals surface area contributed by atoms with Gasteiger partial charge in [-0.05, 0) is 31.2 Å². The van der Waals surface area contributed by atoms with Gasteiger partial charge >= 0.3 is 5.97 Å². The van der Waals surface area contributed by atoms with Gasteiger partial charge in [-0.1, -0.05) is 31.0 Å². The van der Waals surface area contributed by atoms with Gasteiger partial charge in [0.05, 0.1) is 16.1 Å². The number of imide groups is 1. The summed E-state index contributed by atoms with van der Waals surface area (Å²) in [4.78, 5) is 39.8. The van der Waals surface area contributed by atoms with Crippen LogP contribution < -0.4 is 0 Å². The molecule has 0 aliphatic carbocycles. The number of carbonyl (C=O) groups excluding carboxylic acids is 2. The zero-order chi connectivity index (χ0) is 17.2. The number of thioether (sulfide) groups is 1. The monoisotopic (exact) mass is 357 g/mol. The van der Waals surface area contributed by atoms with Gasteiger partial charge in [-0.25, -0.2) is 9.63 Å². The second-order valence-corrected chi connectivity index (χ2v) is 6.99. The second-order valence-electron chi connectivity index (χ2n) is 5.11.